The molecule has 3 N–H and O–H groups in total. The minimum atomic E-state index is -0.574. The lowest BCUT2D eigenvalue weighted by Crippen LogP contribution is -2.44. The van der Waals surface area contributed by atoms with Gasteiger partial charge in [-0.15, -0.1) is 12.4 Å². The third-order valence-corrected chi connectivity index (χ3v) is 4.60. The molecule has 2 heterocycles. The van der Waals surface area contributed by atoms with E-state index in [-0.39, 0.29) is 42.0 Å². The standard InChI is InChI=1S/C18H17FN6O2.ClH/c19-12-4-2-11(3-5-12)10-23-15(26)13-14(22-9-8-21-13)16-24-17(25-27-16)18(20)6-1-7-18;/h2-5,8-9H,1,6-7,10,20H2,(H,23,26);1H. The maximum Gasteiger partial charge on any atom is 0.279 e. The molecule has 3 aromatic rings. The number of amides is 1. The van der Waals surface area contributed by atoms with Crippen molar-refractivity contribution in [1.82, 2.24) is 25.4 Å². The Kier molecular flexibility index (Phi) is 5.66. The van der Waals surface area contributed by atoms with E-state index in [1.165, 1.54) is 24.5 Å². The Bertz CT molecular complexity index is 974. The Morgan fingerprint density at radius 1 is 1.21 bits per heavy atom. The highest BCUT2D eigenvalue weighted by atomic mass is 35.5. The first-order valence-electron chi connectivity index (χ1n) is 8.52. The average Bonchev–Trinajstić information content (AvgIpc) is 3.16. The molecule has 1 amide bonds. The van der Waals surface area contributed by atoms with Crippen molar-refractivity contribution in [2.75, 3.05) is 0 Å². The minimum absolute atomic E-state index is 0. The summed E-state index contributed by atoms with van der Waals surface area (Å²) in [4.78, 5) is 25.1. The molecule has 28 heavy (non-hydrogen) atoms. The van der Waals surface area contributed by atoms with E-state index < -0.39 is 11.4 Å². The van der Waals surface area contributed by atoms with Crippen LogP contribution in [0.25, 0.3) is 11.6 Å². The summed E-state index contributed by atoms with van der Waals surface area (Å²) in [7, 11) is 0. The summed E-state index contributed by atoms with van der Waals surface area (Å²) >= 11 is 0. The van der Waals surface area contributed by atoms with Gasteiger partial charge in [0.25, 0.3) is 11.8 Å². The van der Waals surface area contributed by atoms with Gasteiger partial charge in [0, 0.05) is 18.9 Å². The summed E-state index contributed by atoms with van der Waals surface area (Å²) in [5.74, 6) is -0.278. The number of hydrogen-bond donors (Lipinski definition) is 2. The van der Waals surface area contributed by atoms with Crippen LogP contribution < -0.4 is 11.1 Å². The molecule has 2 aromatic heterocycles. The van der Waals surface area contributed by atoms with Crippen molar-refractivity contribution < 1.29 is 13.7 Å². The van der Waals surface area contributed by atoms with Crippen molar-refractivity contribution in [2.45, 2.75) is 31.3 Å². The molecule has 0 bridgehead atoms. The van der Waals surface area contributed by atoms with E-state index >= 15 is 0 Å². The van der Waals surface area contributed by atoms with Gasteiger partial charge in [0.05, 0.1) is 5.54 Å². The van der Waals surface area contributed by atoms with E-state index in [0.717, 1.165) is 24.8 Å². The minimum Gasteiger partial charge on any atom is -0.347 e. The zero-order valence-electron chi connectivity index (χ0n) is 14.8. The quantitative estimate of drug-likeness (QED) is 0.669. The summed E-state index contributed by atoms with van der Waals surface area (Å²) in [5, 5.41) is 6.67. The fraction of sp³-hybridized carbons (Fsp3) is 0.278. The van der Waals surface area contributed by atoms with Crippen molar-refractivity contribution in [3.05, 3.63) is 59.6 Å². The Balaban J connectivity index is 0.00000225. The van der Waals surface area contributed by atoms with Gasteiger partial charge in [0.2, 0.25) is 0 Å². The first-order valence-corrected chi connectivity index (χ1v) is 8.52. The predicted molar refractivity (Wildman–Crippen MR) is 99.9 cm³/mol. The van der Waals surface area contributed by atoms with Crippen LogP contribution in [0, 0.1) is 5.82 Å². The summed E-state index contributed by atoms with van der Waals surface area (Å²) < 4.78 is 18.2. The topological polar surface area (TPSA) is 120 Å². The largest absolute Gasteiger partial charge is 0.347 e. The van der Waals surface area contributed by atoms with Gasteiger partial charge in [-0.1, -0.05) is 17.3 Å². The molecule has 0 unspecified atom stereocenters. The van der Waals surface area contributed by atoms with E-state index in [1.807, 2.05) is 0 Å². The molecule has 8 nitrogen and oxygen atoms in total. The van der Waals surface area contributed by atoms with Crippen LogP contribution >= 0.6 is 12.4 Å². The smallest absolute Gasteiger partial charge is 0.279 e. The lowest BCUT2D eigenvalue weighted by molar-refractivity contribution is 0.0946. The van der Waals surface area contributed by atoms with E-state index in [4.69, 9.17) is 10.3 Å². The fourth-order valence-electron chi connectivity index (χ4n) is 2.83. The van der Waals surface area contributed by atoms with E-state index in [9.17, 15) is 9.18 Å². The highest BCUT2D eigenvalue weighted by Gasteiger charge is 2.39. The normalized spacial score (nSPS) is 14.6. The molecule has 1 aromatic carbocycles. The monoisotopic (exact) mass is 404 g/mol. The van der Waals surface area contributed by atoms with Crippen LogP contribution in [0.1, 0.15) is 41.1 Å². The van der Waals surface area contributed by atoms with Crippen LogP contribution in [0.2, 0.25) is 0 Å². The predicted octanol–water partition coefficient (Wildman–Crippen LogP) is 2.36. The van der Waals surface area contributed by atoms with Crippen LogP contribution in [0.15, 0.2) is 41.2 Å². The molecule has 0 radical (unpaired) electrons. The second-order valence-electron chi connectivity index (χ2n) is 6.50. The van der Waals surface area contributed by atoms with Crippen molar-refractivity contribution in [2.24, 2.45) is 5.73 Å². The molecule has 0 atom stereocenters. The van der Waals surface area contributed by atoms with Gasteiger partial charge in [-0.05, 0) is 37.0 Å². The van der Waals surface area contributed by atoms with Gasteiger partial charge in [-0.25, -0.2) is 14.4 Å². The summed E-state index contributed by atoms with van der Waals surface area (Å²) in [6.07, 6.45) is 5.44. The zero-order valence-corrected chi connectivity index (χ0v) is 15.6. The van der Waals surface area contributed by atoms with Crippen LogP contribution in [-0.2, 0) is 12.1 Å². The second kappa shape index (κ2) is 7.99. The lowest BCUT2D eigenvalue weighted by atomic mass is 9.77. The van der Waals surface area contributed by atoms with Crippen molar-refractivity contribution in [1.29, 1.82) is 0 Å². The Morgan fingerprint density at radius 2 is 1.93 bits per heavy atom. The first-order chi connectivity index (χ1) is 13.0. The van der Waals surface area contributed by atoms with E-state index in [0.29, 0.717) is 5.82 Å². The maximum atomic E-state index is 13.0. The molecule has 146 valence electrons. The summed E-state index contributed by atoms with van der Waals surface area (Å²) in [5.41, 5.74) is 6.64. The molecular weight excluding hydrogens is 387 g/mol. The number of nitrogens with two attached hydrogens (primary N) is 1. The van der Waals surface area contributed by atoms with Gasteiger partial charge >= 0.3 is 0 Å². The van der Waals surface area contributed by atoms with Gasteiger partial charge in [-0.3, -0.25) is 4.79 Å². The number of rotatable bonds is 5. The molecule has 10 heteroatoms. The summed E-state index contributed by atoms with van der Waals surface area (Å²) in [6.45, 7) is 0.218. The average molecular weight is 405 g/mol. The summed E-state index contributed by atoms with van der Waals surface area (Å²) in [6, 6.07) is 5.85. The third-order valence-electron chi connectivity index (χ3n) is 4.60. The molecule has 4 rings (SSSR count). The maximum absolute atomic E-state index is 13.0. The van der Waals surface area contributed by atoms with Crippen molar-refractivity contribution >= 4 is 18.3 Å². The molecule has 0 saturated heterocycles. The van der Waals surface area contributed by atoms with Crippen LogP contribution in [0.3, 0.4) is 0 Å². The number of halogens is 2. The Morgan fingerprint density at radius 3 is 2.61 bits per heavy atom. The van der Waals surface area contributed by atoms with E-state index in [1.54, 1.807) is 12.1 Å². The molecule has 1 aliphatic carbocycles. The number of benzene rings is 1. The number of nitrogens with zero attached hydrogens (tertiary/aromatic N) is 4. The molecular formula is C18H18ClFN6O2. The van der Waals surface area contributed by atoms with Crippen LogP contribution in [-0.4, -0.2) is 26.0 Å². The van der Waals surface area contributed by atoms with Gasteiger partial charge in [0.15, 0.2) is 17.2 Å². The first kappa shape index (κ1) is 19.8. The highest BCUT2D eigenvalue weighted by molar-refractivity contribution is 5.96. The van der Waals surface area contributed by atoms with Gasteiger partial charge in [0.1, 0.15) is 5.82 Å². The van der Waals surface area contributed by atoms with Crippen molar-refractivity contribution in [3.63, 3.8) is 0 Å². The number of carbonyl (C=O) groups is 1. The van der Waals surface area contributed by atoms with E-state index in [2.05, 4.69) is 25.4 Å². The van der Waals surface area contributed by atoms with Crippen molar-refractivity contribution in [3.8, 4) is 11.6 Å². The van der Waals surface area contributed by atoms with Gasteiger partial charge in [-0.2, -0.15) is 4.98 Å². The van der Waals surface area contributed by atoms with Crippen LogP contribution in [0.5, 0.6) is 0 Å². The fourth-order valence-corrected chi connectivity index (χ4v) is 2.83. The molecule has 0 spiro atoms. The lowest BCUT2D eigenvalue weighted by Gasteiger charge is -2.34. The number of hydrogen-bond acceptors (Lipinski definition) is 7. The molecule has 1 fully saturated rings. The van der Waals surface area contributed by atoms with Gasteiger partial charge < -0.3 is 15.6 Å². The SMILES string of the molecule is Cl.NC1(c2noc(-c3nccnc3C(=O)NCc3ccc(F)cc3)n2)CCC1. The molecule has 0 aliphatic heterocycles. The van der Waals surface area contributed by atoms with Crippen LogP contribution in [0.4, 0.5) is 4.39 Å². The zero-order chi connectivity index (χ0) is 18.9. The Labute approximate surface area is 166 Å². The molecule has 1 aliphatic rings. The number of carbonyl (C=O) groups excluding carboxylic acids is 1. The molecule has 1 saturated carbocycles. The third kappa shape index (κ3) is 3.85. The Hall–Kier alpha value is -2.91. The number of aromatic nitrogens is 4. The second-order valence-corrected chi connectivity index (χ2v) is 6.50. The highest BCUT2D eigenvalue weighted by Crippen LogP contribution is 2.37. The number of nitrogens with one attached hydrogen (secondary N) is 1.